The Balaban J connectivity index is 1.77. The zero-order valence-corrected chi connectivity index (χ0v) is 11.8. The second kappa shape index (κ2) is 5.13. The molecule has 1 N–H and O–H groups in total. The number of nitrogens with zero attached hydrogens (tertiary/aromatic N) is 3. The third kappa shape index (κ3) is 2.62. The van der Waals surface area contributed by atoms with Crippen molar-refractivity contribution in [2.24, 2.45) is 5.92 Å². The molecule has 0 aliphatic carbocycles. The Morgan fingerprint density at radius 3 is 3.05 bits per heavy atom. The minimum Gasteiger partial charge on any atom is -0.355 e. The van der Waals surface area contributed by atoms with Crippen molar-refractivity contribution in [3.63, 3.8) is 0 Å². The number of hydrogen-bond acceptors (Lipinski definition) is 4. The van der Waals surface area contributed by atoms with E-state index in [1.54, 1.807) is 0 Å². The second-order valence-corrected chi connectivity index (χ2v) is 5.76. The Kier molecular flexibility index (Phi) is 3.50. The van der Waals surface area contributed by atoms with E-state index in [0.29, 0.717) is 23.2 Å². The van der Waals surface area contributed by atoms with Gasteiger partial charge in [0, 0.05) is 25.6 Å². The van der Waals surface area contributed by atoms with Crippen molar-refractivity contribution < 1.29 is 4.79 Å². The average molecular weight is 301 g/mol. The molecule has 3 heterocycles. The Bertz CT molecular complexity index is 511. The zero-order chi connectivity index (χ0) is 13.4. The van der Waals surface area contributed by atoms with Crippen molar-refractivity contribution in [3.05, 3.63) is 16.5 Å². The van der Waals surface area contributed by atoms with Crippen LogP contribution in [0.25, 0.3) is 0 Å². The first-order chi connectivity index (χ1) is 9.13. The highest BCUT2D eigenvalue weighted by Gasteiger charge is 2.34. The number of fused-ring (bicyclic) bond motifs is 1. The lowest BCUT2D eigenvalue weighted by Gasteiger charge is -2.42. The number of halogens is 2. The van der Waals surface area contributed by atoms with Gasteiger partial charge in [-0.25, -0.2) is 4.98 Å². The second-order valence-electron chi connectivity index (χ2n) is 5.02. The van der Waals surface area contributed by atoms with Gasteiger partial charge in [0.15, 0.2) is 5.82 Å². The molecule has 0 bridgehead atoms. The van der Waals surface area contributed by atoms with Gasteiger partial charge in [-0.05, 0) is 30.4 Å². The first kappa shape index (κ1) is 12.9. The molecule has 1 aromatic heterocycles. The van der Waals surface area contributed by atoms with Crippen molar-refractivity contribution in [2.45, 2.75) is 25.3 Å². The van der Waals surface area contributed by atoms with Gasteiger partial charge in [0.2, 0.25) is 11.2 Å². The van der Waals surface area contributed by atoms with Crippen LogP contribution in [0, 0.1) is 5.92 Å². The third-order valence-electron chi connectivity index (χ3n) is 3.82. The summed E-state index contributed by atoms with van der Waals surface area (Å²) in [4.78, 5) is 21.6. The van der Waals surface area contributed by atoms with Gasteiger partial charge >= 0.3 is 0 Å². The monoisotopic (exact) mass is 300 g/mol. The number of rotatable bonds is 1. The molecule has 0 saturated carbocycles. The summed E-state index contributed by atoms with van der Waals surface area (Å²) in [6, 6.07) is 0.286. The fraction of sp³-hybridized carbons (Fsp3) is 0.583. The average Bonchev–Trinajstić information content (AvgIpc) is 2.41. The number of piperidine rings is 2. The van der Waals surface area contributed by atoms with Crippen LogP contribution in [0.15, 0.2) is 6.20 Å². The van der Waals surface area contributed by atoms with Crippen LogP contribution in [0.1, 0.15) is 19.3 Å². The van der Waals surface area contributed by atoms with Gasteiger partial charge in [-0.1, -0.05) is 11.6 Å². The molecule has 0 spiro atoms. The van der Waals surface area contributed by atoms with Gasteiger partial charge in [-0.3, -0.25) is 4.79 Å². The van der Waals surface area contributed by atoms with Crippen molar-refractivity contribution in [3.8, 4) is 0 Å². The highest BCUT2D eigenvalue weighted by atomic mass is 35.5. The topological polar surface area (TPSA) is 58.1 Å². The quantitative estimate of drug-likeness (QED) is 0.805. The summed E-state index contributed by atoms with van der Waals surface area (Å²) in [7, 11) is 0. The number of amides is 1. The molecular weight excluding hydrogens is 287 g/mol. The van der Waals surface area contributed by atoms with Crippen LogP contribution in [0.4, 0.5) is 5.82 Å². The molecule has 19 heavy (non-hydrogen) atoms. The van der Waals surface area contributed by atoms with Gasteiger partial charge in [0.05, 0.1) is 6.20 Å². The highest BCUT2D eigenvalue weighted by molar-refractivity contribution is 6.33. The van der Waals surface area contributed by atoms with Crippen LogP contribution in [0.2, 0.25) is 10.3 Å². The van der Waals surface area contributed by atoms with Crippen molar-refractivity contribution >= 4 is 34.9 Å². The smallest absolute Gasteiger partial charge is 0.224 e. The summed E-state index contributed by atoms with van der Waals surface area (Å²) in [5.41, 5.74) is 0. The number of carbonyl (C=O) groups excluding carboxylic acids is 1. The summed E-state index contributed by atoms with van der Waals surface area (Å²) in [6.45, 7) is 1.66. The van der Waals surface area contributed by atoms with Crippen LogP contribution in [0.5, 0.6) is 0 Å². The zero-order valence-electron chi connectivity index (χ0n) is 10.3. The molecule has 7 heteroatoms. The lowest BCUT2D eigenvalue weighted by atomic mass is 9.85. The molecule has 5 nitrogen and oxygen atoms in total. The fourth-order valence-corrected chi connectivity index (χ4v) is 3.20. The number of aromatic nitrogens is 2. The van der Waals surface area contributed by atoms with Crippen LogP contribution < -0.4 is 10.2 Å². The van der Waals surface area contributed by atoms with Crippen LogP contribution in [-0.2, 0) is 4.79 Å². The largest absolute Gasteiger partial charge is 0.355 e. The molecular formula is C12H14Cl2N4O. The van der Waals surface area contributed by atoms with E-state index in [9.17, 15) is 4.79 Å². The van der Waals surface area contributed by atoms with Crippen molar-refractivity contribution in [1.82, 2.24) is 15.3 Å². The molecule has 1 amide bonds. The van der Waals surface area contributed by atoms with E-state index < -0.39 is 0 Å². The minimum atomic E-state index is 0.165. The molecule has 2 saturated heterocycles. The van der Waals surface area contributed by atoms with Crippen molar-refractivity contribution in [1.29, 1.82) is 0 Å². The molecule has 2 unspecified atom stereocenters. The SMILES string of the molecule is O=C1CCC2CN(c3nc(Cl)ncc3Cl)CCC2N1. The predicted octanol–water partition coefficient (Wildman–Crippen LogP) is 1.89. The summed E-state index contributed by atoms with van der Waals surface area (Å²) < 4.78 is 0. The summed E-state index contributed by atoms with van der Waals surface area (Å²) in [5, 5.41) is 3.78. The van der Waals surface area contributed by atoms with Crippen molar-refractivity contribution in [2.75, 3.05) is 18.0 Å². The van der Waals surface area contributed by atoms with Gasteiger partial charge in [-0.15, -0.1) is 0 Å². The Hall–Kier alpha value is -1.07. The maximum Gasteiger partial charge on any atom is 0.224 e. The van der Waals surface area contributed by atoms with E-state index >= 15 is 0 Å². The van der Waals surface area contributed by atoms with Gasteiger partial charge in [-0.2, -0.15) is 4.98 Å². The molecule has 2 aliphatic heterocycles. The highest BCUT2D eigenvalue weighted by Crippen LogP contribution is 2.31. The number of hydrogen-bond donors (Lipinski definition) is 1. The summed E-state index contributed by atoms with van der Waals surface area (Å²) >= 11 is 12.0. The molecule has 0 aromatic carbocycles. The Morgan fingerprint density at radius 2 is 2.21 bits per heavy atom. The molecule has 1 aromatic rings. The molecule has 3 rings (SSSR count). The molecule has 0 radical (unpaired) electrons. The van der Waals surface area contributed by atoms with E-state index in [0.717, 1.165) is 25.9 Å². The van der Waals surface area contributed by atoms with E-state index in [-0.39, 0.29) is 17.2 Å². The first-order valence-corrected chi connectivity index (χ1v) is 7.11. The summed E-state index contributed by atoms with van der Waals surface area (Å²) in [6.07, 6.45) is 3.96. The van der Waals surface area contributed by atoms with Crippen LogP contribution >= 0.6 is 23.2 Å². The Morgan fingerprint density at radius 1 is 1.37 bits per heavy atom. The molecule has 2 atom stereocenters. The first-order valence-electron chi connectivity index (χ1n) is 6.36. The predicted molar refractivity (Wildman–Crippen MR) is 73.5 cm³/mol. The molecule has 2 aliphatic rings. The fourth-order valence-electron chi connectivity index (χ4n) is 2.86. The maximum atomic E-state index is 11.4. The van der Waals surface area contributed by atoms with Gasteiger partial charge in [0.1, 0.15) is 5.02 Å². The van der Waals surface area contributed by atoms with Crippen LogP contribution in [0.3, 0.4) is 0 Å². The standard InChI is InChI=1S/C12H14Cl2N4O/c13-8-5-15-12(14)17-11(8)18-4-3-9-7(6-18)1-2-10(19)16-9/h5,7,9H,1-4,6H2,(H,16,19). The number of nitrogens with one attached hydrogen (secondary N) is 1. The number of anilines is 1. The molecule has 2 fully saturated rings. The Labute approximate surface area is 121 Å². The summed E-state index contributed by atoms with van der Waals surface area (Å²) in [5.74, 6) is 1.31. The van der Waals surface area contributed by atoms with Crippen LogP contribution in [-0.4, -0.2) is 35.0 Å². The lowest BCUT2D eigenvalue weighted by molar-refractivity contribution is -0.124. The normalized spacial score (nSPS) is 26.8. The molecule has 102 valence electrons. The minimum absolute atomic E-state index is 0.165. The van der Waals surface area contributed by atoms with Gasteiger partial charge < -0.3 is 10.2 Å². The van der Waals surface area contributed by atoms with E-state index in [1.165, 1.54) is 6.20 Å². The van der Waals surface area contributed by atoms with Gasteiger partial charge in [0.25, 0.3) is 0 Å². The van der Waals surface area contributed by atoms with E-state index in [1.807, 2.05) is 0 Å². The van der Waals surface area contributed by atoms with E-state index in [4.69, 9.17) is 23.2 Å². The maximum absolute atomic E-state index is 11.4. The third-order valence-corrected chi connectivity index (χ3v) is 4.27. The van der Waals surface area contributed by atoms with E-state index in [2.05, 4.69) is 20.2 Å². The lowest BCUT2D eigenvalue weighted by Crippen LogP contribution is -2.54. The number of carbonyl (C=O) groups is 1.